The molecule has 1 atom stereocenters. The standard InChI is InChI=1S/C15H24N2O2S/c1-2-5-13-7-9-15(10-8-13)20(18,19)17-11-4-3-6-14(17)12-16/h7-10,14H,2-6,11-12,16H2,1H3. The Bertz CT molecular complexity index is 525. The zero-order valence-electron chi connectivity index (χ0n) is 12.1. The first kappa shape index (κ1) is 15.5. The van der Waals surface area contributed by atoms with Gasteiger partial charge in [-0.1, -0.05) is 31.9 Å². The highest BCUT2D eigenvalue weighted by Crippen LogP contribution is 2.25. The molecule has 0 aromatic heterocycles. The highest BCUT2D eigenvalue weighted by atomic mass is 32.2. The Hall–Kier alpha value is -0.910. The van der Waals surface area contributed by atoms with Gasteiger partial charge in [0.15, 0.2) is 0 Å². The molecule has 5 heteroatoms. The Labute approximate surface area is 122 Å². The Morgan fingerprint density at radius 1 is 1.25 bits per heavy atom. The molecule has 0 saturated carbocycles. The van der Waals surface area contributed by atoms with Crippen molar-refractivity contribution < 1.29 is 8.42 Å². The molecule has 0 spiro atoms. The Morgan fingerprint density at radius 3 is 2.55 bits per heavy atom. The van der Waals surface area contributed by atoms with Gasteiger partial charge < -0.3 is 5.73 Å². The van der Waals surface area contributed by atoms with Gasteiger partial charge in [-0.25, -0.2) is 8.42 Å². The van der Waals surface area contributed by atoms with Crippen molar-refractivity contribution >= 4 is 10.0 Å². The van der Waals surface area contributed by atoms with Gasteiger partial charge in [0, 0.05) is 19.1 Å². The van der Waals surface area contributed by atoms with Crippen molar-refractivity contribution in [3.63, 3.8) is 0 Å². The van der Waals surface area contributed by atoms with Crippen LogP contribution in [0.4, 0.5) is 0 Å². The van der Waals surface area contributed by atoms with Gasteiger partial charge >= 0.3 is 0 Å². The van der Waals surface area contributed by atoms with Gasteiger partial charge in [0.2, 0.25) is 10.0 Å². The molecule has 0 radical (unpaired) electrons. The lowest BCUT2D eigenvalue weighted by atomic mass is 10.1. The highest BCUT2D eigenvalue weighted by Gasteiger charge is 2.32. The molecular formula is C15H24N2O2S. The number of hydrogen-bond donors (Lipinski definition) is 1. The van der Waals surface area contributed by atoms with E-state index >= 15 is 0 Å². The van der Waals surface area contributed by atoms with Crippen molar-refractivity contribution in [2.24, 2.45) is 5.73 Å². The van der Waals surface area contributed by atoms with Crippen LogP contribution in [-0.4, -0.2) is 31.9 Å². The molecule has 1 heterocycles. The average molecular weight is 296 g/mol. The molecule has 20 heavy (non-hydrogen) atoms. The predicted octanol–water partition coefficient (Wildman–Crippen LogP) is 2.14. The second-order valence-electron chi connectivity index (χ2n) is 5.40. The second-order valence-corrected chi connectivity index (χ2v) is 7.29. The van der Waals surface area contributed by atoms with Gasteiger partial charge in [-0.05, 0) is 37.0 Å². The fourth-order valence-corrected chi connectivity index (χ4v) is 4.48. The SMILES string of the molecule is CCCc1ccc(S(=O)(=O)N2CCCCC2CN)cc1. The quantitative estimate of drug-likeness (QED) is 0.905. The molecule has 2 rings (SSSR count). The van der Waals surface area contributed by atoms with Gasteiger partial charge in [0.05, 0.1) is 4.90 Å². The van der Waals surface area contributed by atoms with Crippen molar-refractivity contribution in [3.8, 4) is 0 Å². The van der Waals surface area contributed by atoms with E-state index in [2.05, 4.69) is 6.92 Å². The van der Waals surface area contributed by atoms with Crippen molar-refractivity contribution in [1.82, 2.24) is 4.31 Å². The fraction of sp³-hybridized carbons (Fsp3) is 0.600. The molecule has 1 aromatic rings. The number of nitrogens with zero attached hydrogens (tertiary/aromatic N) is 1. The van der Waals surface area contributed by atoms with Crippen LogP contribution in [0.3, 0.4) is 0 Å². The monoisotopic (exact) mass is 296 g/mol. The van der Waals surface area contributed by atoms with Crippen molar-refractivity contribution in [2.45, 2.75) is 50.0 Å². The van der Waals surface area contributed by atoms with Gasteiger partial charge in [-0.2, -0.15) is 4.31 Å². The minimum atomic E-state index is -3.40. The molecule has 1 aliphatic rings. The topological polar surface area (TPSA) is 63.4 Å². The average Bonchev–Trinajstić information content (AvgIpc) is 2.48. The number of sulfonamides is 1. The summed E-state index contributed by atoms with van der Waals surface area (Å²) in [5, 5.41) is 0. The maximum absolute atomic E-state index is 12.7. The minimum absolute atomic E-state index is 0.0518. The van der Waals surface area contributed by atoms with Crippen molar-refractivity contribution in [1.29, 1.82) is 0 Å². The molecule has 1 aliphatic heterocycles. The first-order chi connectivity index (χ1) is 9.59. The summed E-state index contributed by atoms with van der Waals surface area (Å²) in [4.78, 5) is 0.387. The maximum atomic E-state index is 12.7. The van der Waals surface area contributed by atoms with E-state index in [9.17, 15) is 8.42 Å². The van der Waals surface area contributed by atoms with Crippen molar-refractivity contribution in [2.75, 3.05) is 13.1 Å². The second kappa shape index (κ2) is 6.70. The number of rotatable bonds is 5. The lowest BCUT2D eigenvalue weighted by Crippen LogP contribution is -2.47. The lowest BCUT2D eigenvalue weighted by molar-refractivity contribution is 0.257. The molecule has 0 aliphatic carbocycles. The largest absolute Gasteiger partial charge is 0.329 e. The van der Waals surface area contributed by atoms with Crippen LogP contribution in [0.15, 0.2) is 29.2 Å². The Morgan fingerprint density at radius 2 is 1.95 bits per heavy atom. The summed E-state index contributed by atoms with van der Waals surface area (Å²) in [6.45, 7) is 3.10. The molecule has 1 fully saturated rings. The van der Waals surface area contributed by atoms with Crippen LogP contribution in [-0.2, 0) is 16.4 Å². The number of nitrogens with two attached hydrogens (primary N) is 1. The highest BCUT2D eigenvalue weighted by molar-refractivity contribution is 7.89. The van der Waals surface area contributed by atoms with E-state index < -0.39 is 10.0 Å². The first-order valence-corrected chi connectivity index (χ1v) is 8.84. The smallest absolute Gasteiger partial charge is 0.243 e. The van der Waals surface area contributed by atoms with Crippen LogP contribution in [0.2, 0.25) is 0 Å². The molecule has 2 N–H and O–H groups in total. The van der Waals surface area contributed by atoms with Crippen LogP contribution in [0, 0.1) is 0 Å². The van der Waals surface area contributed by atoms with E-state index in [0.29, 0.717) is 18.0 Å². The summed E-state index contributed by atoms with van der Waals surface area (Å²) in [5.41, 5.74) is 6.91. The van der Waals surface area contributed by atoms with E-state index in [1.165, 1.54) is 5.56 Å². The summed E-state index contributed by atoms with van der Waals surface area (Å²) >= 11 is 0. The van der Waals surface area contributed by atoms with E-state index in [-0.39, 0.29) is 6.04 Å². The van der Waals surface area contributed by atoms with E-state index in [1.54, 1.807) is 16.4 Å². The predicted molar refractivity (Wildman–Crippen MR) is 81.0 cm³/mol. The minimum Gasteiger partial charge on any atom is -0.329 e. The molecule has 112 valence electrons. The number of hydrogen-bond acceptors (Lipinski definition) is 3. The van der Waals surface area contributed by atoms with E-state index in [1.807, 2.05) is 12.1 Å². The van der Waals surface area contributed by atoms with Gasteiger partial charge in [0.25, 0.3) is 0 Å². The number of piperidine rings is 1. The third kappa shape index (κ3) is 3.22. The van der Waals surface area contributed by atoms with Gasteiger partial charge in [-0.3, -0.25) is 0 Å². The lowest BCUT2D eigenvalue weighted by Gasteiger charge is -2.33. The molecule has 1 aromatic carbocycles. The third-order valence-electron chi connectivity index (χ3n) is 3.91. The summed E-state index contributed by atoms with van der Waals surface area (Å²) < 4.78 is 27.0. The first-order valence-electron chi connectivity index (χ1n) is 7.40. The molecule has 0 bridgehead atoms. The van der Waals surface area contributed by atoms with Crippen LogP contribution in [0.25, 0.3) is 0 Å². The van der Waals surface area contributed by atoms with E-state index in [4.69, 9.17) is 5.73 Å². The summed E-state index contributed by atoms with van der Waals surface area (Å²) in [6.07, 6.45) is 4.89. The molecule has 4 nitrogen and oxygen atoms in total. The molecule has 0 amide bonds. The van der Waals surface area contributed by atoms with Crippen LogP contribution < -0.4 is 5.73 Å². The van der Waals surface area contributed by atoms with Crippen LogP contribution in [0.5, 0.6) is 0 Å². The third-order valence-corrected chi connectivity index (χ3v) is 5.88. The van der Waals surface area contributed by atoms with Crippen LogP contribution in [0.1, 0.15) is 38.2 Å². The van der Waals surface area contributed by atoms with Crippen LogP contribution >= 0.6 is 0 Å². The Kier molecular flexibility index (Phi) is 5.18. The maximum Gasteiger partial charge on any atom is 0.243 e. The summed E-state index contributed by atoms with van der Waals surface area (Å²) in [7, 11) is -3.40. The summed E-state index contributed by atoms with van der Waals surface area (Å²) in [5.74, 6) is 0. The van der Waals surface area contributed by atoms with Gasteiger partial charge in [0.1, 0.15) is 0 Å². The zero-order chi connectivity index (χ0) is 14.6. The molecule has 1 saturated heterocycles. The molecular weight excluding hydrogens is 272 g/mol. The number of benzene rings is 1. The zero-order valence-corrected chi connectivity index (χ0v) is 12.9. The molecule has 1 unspecified atom stereocenters. The Balaban J connectivity index is 2.24. The number of aryl methyl sites for hydroxylation is 1. The van der Waals surface area contributed by atoms with Crippen molar-refractivity contribution in [3.05, 3.63) is 29.8 Å². The normalized spacial score (nSPS) is 21.0. The van der Waals surface area contributed by atoms with E-state index in [0.717, 1.165) is 32.1 Å². The van der Waals surface area contributed by atoms with Gasteiger partial charge in [-0.15, -0.1) is 0 Å². The summed E-state index contributed by atoms with van der Waals surface area (Å²) in [6, 6.07) is 7.23. The fourth-order valence-electron chi connectivity index (χ4n) is 2.78.